The van der Waals surface area contributed by atoms with Gasteiger partial charge < -0.3 is 15.9 Å². The van der Waals surface area contributed by atoms with Gasteiger partial charge in [0.25, 0.3) is 0 Å². The molecule has 1 aromatic heterocycles. The Morgan fingerprint density at radius 2 is 1.79 bits per heavy atom. The Kier molecular flexibility index (Phi) is 5.54. The molecule has 28 heavy (non-hydrogen) atoms. The van der Waals surface area contributed by atoms with E-state index in [0.29, 0.717) is 28.5 Å². The summed E-state index contributed by atoms with van der Waals surface area (Å²) < 4.78 is 5.96. The molecule has 0 radical (unpaired) electrons. The number of nitrogens with one attached hydrogen (secondary N) is 1. The second kappa shape index (κ2) is 8.05. The van der Waals surface area contributed by atoms with Crippen molar-refractivity contribution in [1.29, 1.82) is 5.41 Å². The maximum Gasteiger partial charge on any atom is 0.160 e. The van der Waals surface area contributed by atoms with Crippen LogP contribution >= 0.6 is 0 Å². The van der Waals surface area contributed by atoms with Crippen LogP contribution in [0.25, 0.3) is 11.3 Å². The number of rotatable bonds is 6. The van der Waals surface area contributed by atoms with E-state index >= 15 is 0 Å². The number of ether oxygens (including phenoxy) is 1. The lowest BCUT2D eigenvalue weighted by Crippen LogP contribution is -2.00. The molecule has 5 heteroatoms. The van der Waals surface area contributed by atoms with Crippen LogP contribution in [-0.2, 0) is 6.42 Å². The standard InChI is InChI=1S/C23H23N3O2/c1-4-16-11-17(5-7-20(16)15(3)27)23-13-19(9-10-26-23)28-18-6-8-22(25)21(12-18)14(2)24/h5-13,24H,4,25H2,1-3H3. The number of pyridine rings is 1. The molecule has 0 saturated heterocycles. The van der Waals surface area contributed by atoms with E-state index in [9.17, 15) is 4.79 Å². The first-order valence-electron chi connectivity index (χ1n) is 9.12. The first-order chi connectivity index (χ1) is 13.4. The van der Waals surface area contributed by atoms with Gasteiger partial charge in [0.1, 0.15) is 11.5 Å². The summed E-state index contributed by atoms with van der Waals surface area (Å²) in [5.74, 6) is 1.31. The quantitative estimate of drug-likeness (QED) is 0.350. The molecular formula is C23H23N3O2. The summed E-state index contributed by atoms with van der Waals surface area (Å²) in [7, 11) is 0. The minimum Gasteiger partial charge on any atom is -0.457 e. The fourth-order valence-electron chi connectivity index (χ4n) is 3.08. The largest absolute Gasteiger partial charge is 0.457 e. The van der Waals surface area contributed by atoms with E-state index in [4.69, 9.17) is 15.9 Å². The molecule has 0 atom stereocenters. The number of hydrogen-bond acceptors (Lipinski definition) is 5. The van der Waals surface area contributed by atoms with Crippen molar-refractivity contribution in [2.75, 3.05) is 5.73 Å². The number of aromatic nitrogens is 1. The maximum atomic E-state index is 11.8. The van der Waals surface area contributed by atoms with Crippen molar-refractivity contribution < 1.29 is 9.53 Å². The van der Waals surface area contributed by atoms with E-state index < -0.39 is 0 Å². The maximum absolute atomic E-state index is 11.8. The molecule has 0 fully saturated rings. The van der Waals surface area contributed by atoms with E-state index in [2.05, 4.69) is 4.98 Å². The Balaban J connectivity index is 1.92. The summed E-state index contributed by atoms with van der Waals surface area (Å²) in [5, 5.41) is 7.82. The van der Waals surface area contributed by atoms with Crippen LogP contribution in [0.5, 0.6) is 11.5 Å². The second-order valence-corrected chi connectivity index (χ2v) is 6.63. The van der Waals surface area contributed by atoms with Crippen LogP contribution in [0.2, 0.25) is 0 Å². The lowest BCUT2D eigenvalue weighted by molar-refractivity contribution is 0.101. The van der Waals surface area contributed by atoms with Crippen LogP contribution in [0.1, 0.15) is 42.3 Å². The molecule has 1 heterocycles. The fourth-order valence-corrected chi connectivity index (χ4v) is 3.08. The highest BCUT2D eigenvalue weighted by Gasteiger charge is 2.10. The molecule has 0 aliphatic heterocycles. The Labute approximate surface area is 164 Å². The predicted molar refractivity (Wildman–Crippen MR) is 112 cm³/mol. The van der Waals surface area contributed by atoms with Crippen LogP contribution in [0.3, 0.4) is 0 Å². The molecule has 142 valence electrons. The Hall–Kier alpha value is -3.47. The summed E-state index contributed by atoms with van der Waals surface area (Å²) in [6.07, 6.45) is 2.46. The van der Waals surface area contributed by atoms with Gasteiger partial charge in [-0.2, -0.15) is 0 Å². The zero-order valence-electron chi connectivity index (χ0n) is 16.2. The van der Waals surface area contributed by atoms with Gasteiger partial charge >= 0.3 is 0 Å². The zero-order chi connectivity index (χ0) is 20.3. The van der Waals surface area contributed by atoms with Gasteiger partial charge in [-0.05, 0) is 56.2 Å². The van der Waals surface area contributed by atoms with Crippen LogP contribution < -0.4 is 10.5 Å². The summed E-state index contributed by atoms with van der Waals surface area (Å²) in [4.78, 5) is 16.2. The minimum atomic E-state index is 0.0640. The number of carbonyl (C=O) groups excluding carboxylic acids is 1. The average Bonchev–Trinajstić information content (AvgIpc) is 2.68. The highest BCUT2D eigenvalue weighted by Crippen LogP contribution is 2.29. The molecule has 3 rings (SSSR count). The summed E-state index contributed by atoms with van der Waals surface area (Å²) in [5.41, 5.74) is 10.9. The lowest BCUT2D eigenvalue weighted by atomic mass is 9.98. The molecule has 0 bridgehead atoms. The van der Waals surface area contributed by atoms with Gasteiger partial charge in [-0.15, -0.1) is 0 Å². The number of Topliss-reactive ketones (excluding diaryl/α,β-unsaturated/α-hetero) is 1. The van der Waals surface area contributed by atoms with Crippen molar-refractivity contribution >= 4 is 17.2 Å². The molecule has 0 aliphatic rings. The highest BCUT2D eigenvalue weighted by molar-refractivity contribution is 6.01. The lowest BCUT2D eigenvalue weighted by Gasteiger charge is -2.11. The third kappa shape index (κ3) is 4.09. The van der Waals surface area contributed by atoms with E-state index in [1.165, 1.54) is 0 Å². The van der Waals surface area contributed by atoms with Crippen molar-refractivity contribution in [3.63, 3.8) is 0 Å². The molecular weight excluding hydrogens is 350 g/mol. The van der Waals surface area contributed by atoms with Gasteiger partial charge in [0.2, 0.25) is 0 Å². The number of aryl methyl sites for hydroxylation is 1. The second-order valence-electron chi connectivity index (χ2n) is 6.63. The number of nitrogens with two attached hydrogens (primary N) is 1. The van der Waals surface area contributed by atoms with Gasteiger partial charge in [0.05, 0.1) is 5.69 Å². The molecule has 0 amide bonds. The van der Waals surface area contributed by atoms with Crippen LogP contribution in [0, 0.1) is 5.41 Å². The summed E-state index contributed by atoms with van der Waals surface area (Å²) in [6.45, 7) is 5.30. The summed E-state index contributed by atoms with van der Waals surface area (Å²) >= 11 is 0. The van der Waals surface area contributed by atoms with E-state index in [-0.39, 0.29) is 5.78 Å². The number of ketones is 1. The van der Waals surface area contributed by atoms with Gasteiger partial charge in [-0.1, -0.05) is 19.1 Å². The minimum absolute atomic E-state index is 0.0640. The number of carbonyl (C=O) groups is 1. The molecule has 3 aromatic rings. The SMILES string of the molecule is CCc1cc(-c2cc(Oc3ccc(N)c(C(C)=N)c3)ccn2)ccc1C(C)=O. The molecule has 0 spiro atoms. The Morgan fingerprint density at radius 3 is 2.46 bits per heavy atom. The van der Waals surface area contributed by atoms with Gasteiger partial charge in [0.15, 0.2) is 5.78 Å². The van der Waals surface area contributed by atoms with Crippen molar-refractivity contribution in [1.82, 2.24) is 4.98 Å². The molecule has 3 N–H and O–H groups in total. The van der Waals surface area contributed by atoms with Crippen molar-refractivity contribution in [3.8, 4) is 22.8 Å². The van der Waals surface area contributed by atoms with Crippen LogP contribution in [0.4, 0.5) is 5.69 Å². The summed E-state index contributed by atoms with van der Waals surface area (Å²) in [6, 6.07) is 14.7. The number of nitrogens with zero attached hydrogens (tertiary/aromatic N) is 1. The number of benzene rings is 2. The smallest absolute Gasteiger partial charge is 0.160 e. The van der Waals surface area contributed by atoms with E-state index in [1.54, 1.807) is 44.3 Å². The van der Waals surface area contributed by atoms with Gasteiger partial charge in [-0.3, -0.25) is 9.78 Å². The Bertz CT molecular complexity index is 1060. The predicted octanol–water partition coefficient (Wildman–Crippen LogP) is 5.28. The van der Waals surface area contributed by atoms with Gasteiger partial charge in [0, 0.05) is 40.4 Å². The van der Waals surface area contributed by atoms with Crippen LogP contribution in [0.15, 0.2) is 54.7 Å². The zero-order valence-corrected chi connectivity index (χ0v) is 16.2. The topological polar surface area (TPSA) is 89.1 Å². The van der Waals surface area contributed by atoms with Crippen LogP contribution in [-0.4, -0.2) is 16.5 Å². The Morgan fingerprint density at radius 1 is 1.04 bits per heavy atom. The first-order valence-corrected chi connectivity index (χ1v) is 9.12. The molecule has 0 aliphatic carbocycles. The van der Waals surface area contributed by atoms with Crippen molar-refractivity contribution in [3.05, 3.63) is 71.4 Å². The van der Waals surface area contributed by atoms with Gasteiger partial charge in [-0.25, -0.2) is 0 Å². The molecule has 2 aromatic carbocycles. The molecule has 0 saturated carbocycles. The van der Waals surface area contributed by atoms with E-state index in [0.717, 1.165) is 28.8 Å². The van der Waals surface area contributed by atoms with Crippen molar-refractivity contribution in [2.24, 2.45) is 0 Å². The highest BCUT2D eigenvalue weighted by atomic mass is 16.5. The monoisotopic (exact) mass is 373 g/mol. The normalized spacial score (nSPS) is 10.5. The number of hydrogen-bond donors (Lipinski definition) is 2. The molecule has 0 unspecified atom stereocenters. The third-order valence-electron chi connectivity index (χ3n) is 4.56. The molecule has 5 nitrogen and oxygen atoms in total. The fraction of sp³-hybridized carbons (Fsp3) is 0.174. The van der Waals surface area contributed by atoms with Crippen molar-refractivity contribution in [2.45, 2.75) is 27.2 Å². The first kappa shape index (κ1) is 19.3. The number of anilines is 1. The third-order valence-corrected chi connectivity index (χ3v) is 4.56. The van der Waals surface area contributed by atoms with E-state index in [1.807, 2.05) is 31.2 Å². The average molecular weight is 373 g/mol. The number of nitrogen functional groups attached to an aromatic ring is 1.